The van der Waals surface area contributed by atoms with Crippen molar-refractivity contribution in [2.45, 2.75) is 65.0 Å². The van der Waals surface area contributed by atoms with Crippen LogP contribution in [-0.4, -0.2) is 49.8 Å². The van der Waals surface area contributed by atoms with Gasteiger partial charge in [0.25, 0.3) is 0 Å². The van der Waals surface area contributed by atoms with Gasteiger partial charge in [-0.3, -0.25) is 4.90 Å². The van der Waals surface area contributed by atoms with Gasteiger partial charge in [-0.1, -0.05) is 33.6 Å². The van der Waals surface area contributed by atoms with E-state index in [1.807, 2.05) is 0 Å². The molecule has 1 fully saturated rings. The van der Waals surface area contributed by atoms with Crippen molar-refractivity contribution in [1.82, 2.24) is 10.2 Å². The van der Waals surface area contributed by atoms with Gasteiger partial charge in [-0.15, -0.1) is 0 Å². The van der Waals surface area contributed by atoms with E-state index in [-0.39, 0.29) is 0 Å². The molecule has 1 aliphatic heterocycles. The monoisotopic (exact) mass is 256 g/mol. The molecule has 0 aliphatic carbocycles. The maximum absolute atomic E-state index is 5.69. The first kappa shape index (κ1) is 15.9. The Morgan fingerprint density at radius 1 is 1.28 bits per heavy atom. The molecule has 1 rings (SSSR count). The van der Waals surface area contributed by atoms with Gasteiger partial charge in [-0.25, -0.2) is 0 Å². The maximum atomic E-state index is 5.69. The van der Waals surface area contributed by atoms with E-state index in [0.717, 1.165) is 32.3 Å². The van der Waals surface area contributed by atoms with Crippen molar-refractivity contribution < 1.29 is 4.74 Å². The van der Waals surface area contributed by atoms with Gasteiger partial charge < -0.3 is 10.1 Å². The molecule has 0 spiro atoms. The summed E-state index contributed by atoms with van der Waals surface area (Å²) in [6.45, 7) is 12.0. The number of hydrogen-bond acceptors (Lipinski definition) is 3. The van der Waals surface area contributed by atoms with Gasteiger partial charge in [-0.2, -0.15) is 0 Å². The summed E-state index contributed by atoms with van der Waals surface area (Å²) in [7, 11) is 0. The first-order valence-corrected chi connectivity index (χ1v) is 7.79. The Labute approximate surface area is 113 Å². The molecule has 0 amide bonds. The Hall–Kier alpha value is -0.120. The molecule has 0 bridgehead atoms. The fourth-order valence-corrected chi connectivity index (χ4v) is 2.49. The normalized spacial score (nSPS) is 21.7. The van der Waals surface area contributed by atoms with Crippen LogP contribution in [0.4, 0.5) is 0 Å². The van der Waals surface area contributed by atoms with Gasteiger partial charge >= 0.3 is 0 Å². The molecule has 108 valence electrons. The summed E-state index contributed by atoms with van der Waals surface area (Å²) in [5, 5.41) is 3.57. The molecule has 3 nitrogen and oxygen atoms in total. The topological polar surface area (TPSA) is 24.5 Å². The van der Waals surface area contributed by atoms with E-state index in [1.165, 1.54) is 38.6 Å². The number of hydrogen-bond donors (Lipinski definition) is 1. The lowest BCUT2D eigenvalue weighted by atomic mass is 10.0. The third-order valence-corrected chi connectivity index (χ3v) is 3.68. The Balaban J connectivity index is 2.17. The van der Waals surface area contributed by atoms with Crippen LogP contribution in [0.15, 0.2) is 0 Å². The fraction of sp³-hybridized carbons (Fsp3) is 1.00. The van der Waals surface area contributed by atoms with Crippen LogP contribution in [0, 0.1) is 0 Å². The van der Waals surface area contributed by atoms with Gasteiger partial charge in [0, 0.05) is 31.8 Å². The van der Waals surface area contributed by atoms with Crippen molar-refractivity contribution >= 4 is 0 Å². The van der Waals surface area contributed by atoms with Crippen molar-refractivity contribution in [1.29, 1.82) is 0 Å². The van der Waals surface area contributed by atoms with E-state index in [0.29, 0.717) is 6.04 Å². The largest absolute Gasteiger partial charge is 0.380 e. The summed E-state index contributed by atoms with van der Waals surface area (Å²) < 4.78 is 5.69. The standard InChI is InChI=1S/C15H32N2O/c1-4-5-11-18-12-10-17-9-7-6-8-15(17)13-16-14(2)3/h14-16H,4-13H2,1-3H3. The fourth-order valence-electron chi connectivity index (χ4n) is 2.49. The molecule has 1 atom stereocenters. The van der Waals surface area contributed by atoms with Crippen LogP contribution in [0.1, 0.15) is 52.9 Å². The first-order valence-electron chi connectivity index (χ1n) is 7.79. The molecule has 1 aliphatic rings. The molecule has 18 heavy (non-hydrogen) atoms. The van der Waals surface area contributed by atoms with E-state index in [1.54, 1.807) is 0 Å². The van der Waals surface area contributed by atoms with Crippen molar-refractivity contribution in [3.05, 3.63) is 0 Å². The average molecular weight is 256 g/mol. The molecule has 1 saturated heterocycles. The number of piperidine rings is 1. The number of unbranched alkanes of at least 4 members (excludes halogenated alkanes) is 1. The smallest absolute Gasteiger partial charge is 0.0593 e. The van der Waals surface area contributed by atoms with E-state index in [9.17, 15) is 0 Å². The lowest BCUT2D eigenvalue weighted by Gasteiger charge is -2.36. The second-order valence-corrected chi connectivity index (χ2v) is 5.71. The zero-order valence-corrected chi connectivity index (χ0v) is 12.6. The van der Waals surface area contributed by atoms with E-state index >= 15 is 0 Å². The first-order chi connectivity index (χ1) is 8.74. The van der Waals surface area contributed by atoms with Gasteiger partial charge in [0.05, 0.1) is 6.61 Å². The molecule has 0 aromatic rings. The van der Waals surface area contributed by atoms with Crippen LogP contribution >= 0.6 is 0 Å². The summed E-state index contributed by atoms with van der Waals surface area (Å²) in [4.78, 5) is 2.62. The molecule has 1 N–H and O–H groups in total. The number of likely N-dealkylation sites (tertiary alicyclic amines) is 1. The summed E-state index contributed by atoms with van der Waals surface area (Å²) in [5.74, 6) is 0. The quantitative estimate of drug-likeness (QED) is 0.642. The predicted molar refractivity (Wildman–Crippen MR) is 78.1 cm³/mol. The molecule has 0 saturated carbocycles. The minimum absolute atomic E-state index is 0.592. The summed E-state index contributed by atoms with van der Waals surface area (Å²) in [6, 6.07) is 1.31. The van der Waals surface area contributed by atoms with Crippen LogP contribution in [0.3, 0.4) is 0 Å². The Kier molecular flexibility index (Phi) is 8.64. The molecule has 0 aromatic carbocycles. The zero-order chi connectivity index (χ0) is 13.2. The highest BCUT2D eigenvalue weighted by Crippen LogP contribution is 2.16. The van der Waals surface area contributed by atoms with Gasteiger partial charge in [0.2, 0.25) is 0 Å². The highest BCUT2D eigenvalue weighted by molar-refractivity contribution is 4.79. The van der Waals surface area contributed by atoms with Gasteiger partial charge in [0.1, 0.15) is 0 Å². The Morgan fingerprint density at radius 3 is 2.83 bits per heavy atom. The number of rotatable bonds is 9. The summed E-state index contributed by atoms with van der Waals surface area (Å²) >= 11 is 0. The van der Waals surface area contributed by atoms with Crippen LogP contribution < -0.4 is 5.32 Å². The molecular formula is C15H32N2O. The van der Waals surface area contributed by atoms with Crippen molar-refractivity contribution in [3.63, 3.8) is 0 Å². The molecular weight excluding hydrogens is 224 g/mol. The van der Waals surface area contributed by atoms with Crippen molar-refractivity contribution in [2.75, 3.05) is 32.8 Å². The van der Waals surface area contributed by atoms with Crippen LogP contribution in [0.2, 0.25) is 0 Å². The Morgan fingerprint density at radius 2 is 2.11 bits per heavy atom. The van der Waals surface area contributed by atoms with E-state index in [2.05, 4.69) is 31.0 Å². The lowest BCUT2D eigenvalue weighted by molar-refractivity contribution is 0.0697. The predicted octanol–water partition coefficient (Wildman–Crippen LogP) is 2.66. The van der Waals surface area contributed by atoms with Gasteiger partial charge in [0.15, 0.2) is 0 Å². The van der Waals surface area contributed by atoms with Crippen LogP contribution in [-0.2, 0) is 4.74 Å². The third kappa shape index (κ3) is 6.72. The summed E-state index contributed by atoms with van der Waals surface area (Å²) in [6.07, 6.45) is 6.50. The van der Waals surface area contributed by atoms with E-state index in [4.69, 9.17) is 4.74 Å². The van der Waals surface area contributed by atoms with Gasteiger partial charge in [-0.05, 0) is 25.8 Å². The van der Waals surface area contributed by atoms with Crippen molar-refractivity contribution in [2.24, 2.45) is 0 Å². The third-order valence-electron chi connectivity index (χ3n) is 3.68. The highest BCUT2D eigenvalue weighted by atomic mass is 16.5. The van der Waals surface area contributed by atoms with Crippen LogP contribution in [0.25, 0.3) is 0 Å². The maximum Gasteiger partial charge on any atom is 0.0593 e. The molecule has 0 aromatic heterocycles. The second-order valence-electron chi connectivity index (χ2n) is 5.71. The number of nitrogens with one attached hydrogen (secondary N) is 1. The SMILES string of the molecule is CCCCOCCN1CCCCC1CNC(C)C. The minimum Gasteiger partial charge on any atom is -0.380 e. The summed E-state index contributed by atoms with van der Waals surface area (Å²) in [5.41, 5.74) is 0. The average Bonchev–Trinajstić information content (AvgIpc) is 2.37. The zero-order valence-electron chi connectivity index (χ0n) is 12.6. The second kappa shape index (κ2) is 9.76. The minimum atomic E-state index is 0.592. The van der Waals surface area contributed by atoms with Crippen molar-refractivity contribution in [3.8, 4) is 0 Å². The van der Waals surface area contributed by atoms with E-state index < -0.39 is 0 Å². The molecule has 0 radical (unpaired) electrons. The van der Waals surface area contributed by atoms with Crippen LogP contribution in [0.5, 0.6) is 0 Å². The molecule has 3 heteroatoms. The number of nitrogens with zero attached hydrogens (tertiary/aromatic N) is 1. The Bertz CT molecular complexity index is 197. The molecule has 1 unspecified atom stereocenters. The lowest BCUT2D eigenvalue weighted by Crippen LogP contribution is -2.47. The highest BCUT2D eigenvalue weighted by Gasteiger charge is 2.21. The number of ether oxygens (including phenoxy) is 1. The molecule has 1 heterocycles.